The van der Waals surface area contributed by atoms with Crippen LogP contribution < -0.4 is 5.32 Å². The zero-order valence-corrected chi connectivity index (χ0v) is 17.8. The zero-order valence-electron chi connectivity index (χ0n) is 17.8. The van der Waals surface area contributed by atoms with Crippen LogP contribution in [-0.4, -0.2) is 31.5 Å². The summed E-state index contributed by atoms with van der Waals surface area (Å²) in [6.45, 7) is 7.33. The van der Waals surface area contributed by atoms with Crippen molar-refractivity contribution in [1.29, 1.82) is 0 Å². The molecule has 1 unspecified atom stereocenters. The Hall–Kier alpha value is -2.89. The molecule has 0 bridgehead atoms. The number of nitrogens with one attached hydrogen (secondary N) is 1. The number of aryl methyl sites for hydroxylation is 2. The van der Waals surface area contributed by atoms with E-state index in [4.69, 9.17) is 9.47 Å². The Bertz CT molecular complexity index is 853. The molecule has 0 aliphatic heterocycles. The van der Waals surface area contributed by atoms with E-state index in [1.165, 1.54) is 22.3 Å². The third kappa shape index (κ3) is 4.99. The number of rotatable bonds is 8. The Kier molecular flexibility index (Phi) is 7.44. The lowest BCUT2D eigenvalue weighted by Crippen LogP contribution is -2.32. The molecule has 0 aromatic heterocycles. The quantitative estimate of drug-likeness (QED) is 0.383. The van der Waals surface area contributed by atoms with Crippen LogP contribution in [-0.2, 0) is 40.0 Å². The molecule has 0 fully saturated rings. The first-order valence-corrected chi connectivity index (χ1v) is 10.7. The van der Waals surface area contributed by atoms with E-state index in [9.17, 15) is 9.59 Å². The highest BCUT2D eigenvalue weighted by atomic mass is 16.6. The first-order valence-electron chi connectivity index (χ1n) is 10.7. The summed E-state index contributed by atoms with van der Waals surface area (Å²) in [6.07, 6.45) is 9.93. The summed E-state index contributed by atoms with van der Waals surface area (Å²) >= 11 is 0. The van der Waals surface area contributed by atoms with Gasteiger partial charge in [-0.3, -0.25) is 10.3 Å². The average molecular weight is 411 g/mol. The summed E-state index contributed by atoms with van der Waals surface area (Å²) in [4.78, 5) is 29.1. The number of carbonyl (C=O) groups is 2. The zero-order chi connectivity index (χ0) is 21.5. The molecule has 0 saturated carbocycles. The predicted octanol–water partition coefficient (Wildman–Crippen LogP) is 4.69. The number of nitrogens with zero attached hydrogens (tertiary/aromatic N) is 1. The summed E-state index contributed by atoms with van der Waals surface area (Å²) in [6, 6.07) is 2.30. The maximum atomic E-state index is 12.8. The summed E-state index contributed by atoms with van der Waals surface area (Å²) in [5.74, 6) is -0.591. The summed E-state index contributed by atoms with van der Waals surface area (Å²) in [7, 11) is 0. The van der Waals surface area contributed by atoms with Gasteiger partial charge >= 0.3 is 12.1 Å². The fourth-order valence-corrected chi connectivity index (χ4v) is 4.22. The molecule has 3 rings (SSSR count). The number of hydrogen-bond acceptors (Lipinski definition) is 5. The molecule has 6 nitrogen and oxygen atoms in total. The van der Waals surface area contributed by atoms with E-state index in [2.05, 4.69) is 23.1 Å². The van der Waals surface area contributed by atoms with Gasteiger partial charge in [0.2, 0.25) is 6.10 Å². The summed E-state index contributed by atoms with van der Waals surface area (Å²) in [5.41, 5.74) is 6.49. The topological polar surface area (TPSA) is 77.0 Å². The van der Waals surface area contributed by atoms with Crippen molar-refractivity contribution < 1.29 is 19.1 Å². The van der Waals surface area contributed by atoms with Crippen LogP contribution in [0.2, 0.25) is 0 Å². The van der Waals surface area contributed by atoms with Gasteiger partial charge in [-0.2, -0.15) is 0 Å². The lowest BCUT2D eigenvalue weighted by molar-refractivity contribution is -0.152. The molecule has 0 radical (unpaired) electrons. The Morgan fingerprint density at radius 3 is 2.43 bits per heavy atom. The molecule has 1 aromatic carbocycles. The second kappa shape index (κ2) is 10.2. The number of amides is 1. The molecule has 1 aromatic rings. The number of anilines is 1. The molecule has 1 amide bonds. The van der Waals surface area contributed by atoms with Crippen LogP contribution in [0.4, 0.5) is 10.5 Å². The van der Waals surface area contributed by atoms with Crippen LogP contribution in [0.3, 0.4) is 0 Å². The number of aliphatic imine (C=N–C) groups is 1. The number of allylic oxidation sites excluding steroid dienone is 3. The lowest BCUT2D eigenvalue weighted by Gasteiger charge is -2.19. The van der Waals surface area contributed by atoms with Crippen LogP contribution >= 0.6 is 0 Å². The fourth-order valence-electron chi connectivity index (χ4n) is 4.22. The molecule has 2 aliphatic carbocycles. The first-order chi connectivity index (χ1) is 14.6. The standard InChI is InChI=1S/C24H30N2O4/c1-4-6-11-18(25-3)15-21(23(27)29-5-2)30-24(28)26-22-19-12-7-9-16(19)14-17-10-8-13-20(17)22/h4,6,11,14,21H,3,5,7-10,12-13,15H2,1-2H3,(H,26,28)/b6-4-,18-11-. The second-order valence-electron chi connectivity index (χ2n) is 7.55. The van der Waals surface area contributed by atoms with Gasteiger partial charge in [0.15, 0.2) is 0 Å². The van der Waals surface area contributed by atoms with Crippen molar-refractivity contribution in [3.05, 3.63) is 52.2 Å². The maximum absolute atomic E-state index is 12.8. The van der Waals surface area contributed by atoms with Gasteiger partial charge in [0.1, 0.15) is 0 Å². The number of esters is 1. The Labute approximate surface area is 178 Å². The van der Waals surface area contributed by atoms with Gasteiger partial charge in [0.25, 0.3) is 0 Å². The van der Waals surface area contributed by atoms with E-state index in [0.717, 1.165) is 44.2 Å². The largest absolute Gasteiger partial charge is 0.463 e. The molecule has 30 heavy (non-hydrogen) atoms. The second-order valence-corrected chi connectivity index (χ2v) is 7.55. The van der Waals surface area contributed by atoms with Crippen LogP contribution in [0.1, 0.15) is 55.4 Å². The monoisotopic (exact) mass is 410 g/mol. The van der Waals surface area contributed by atoms with Crippen molar-refractivity contribution >= 4 is 24.5 Å². The van der Waals surface area contributed by atoms with Crippen molar-refractivity contribution in [2.75, 3.05) is 11.9 Å². The number of carbonyl (C=O) groups excluding carboxylic acids is 2. The molecule has 0 heterocycles. The number of hydrogen-bond donors (Lipinski definition) is 1. The predicted molar refractivity (Wildman–Crippen MR) is 118 cm³/mol. The van der Waals surface area contributed by atoms with Crippen LogP contribution in [0.25, 0.3) is 0 Å². The van der Waals surface area contributed by atoms with Crippen molar-refractivity contribution in [3.63, 3.8) is 0 Å². The van der Waals surface area contributed by atoms with Crippen molar-refractivity contribution in [1.82, 2.24) is 0 Å². The Morgan fingerprint density at radius 2 is 1.87 bits per heavy atom. The molecule has 0 saturated heterocycles. The molecule has 1 N–H and O–H groups in total. The summed E-state index contributed by atoms with van der Waals surface area (Å²) in [5, 5.41) is 2.96. The van der Waals surface area contributed by atoms with E-state index in [-0.39, 0.29) is 13.0 Å². The number of fused-ring (bicyclic) bond motifs is 2. The van der Waals surface area contributed by atoms with Crippen LogP contribution in [0.15, 0.2) is 35.0 Å². The van der Waals surface area contributed by atoms with Crippen LogP contribution in [0.5, 0.6) is 0 Å². The highest BCUT2D eigenvalue weighted by Gasteiger charge is 2.29. The molecule has 2 aliphatic rings. The van der Waals surface area contributed by atoms with Crippen molar-refractivity contribution in [2.24, 2.45) is 4.99 Å². The van der Waals surface area contributed by atoms with Crippen molar-refractivity contribution in [3.8, 4) is 0 Å². The highest BCUT2D eigenvalue weighted by Crippen LogP contribution is 2.38. The van der Waals surface area contributed by atoms with Gasteiger partial charge in [-0.05, 0) is 87.4 Å². The first kappa shape index (κ1) is 21.8. The van der Waals surface area contributed by atoms with Gasteiger partial charge in [-0.1, -0.05) is 18.2 Å². The van der Waals surface area contributed by atoms with E-state index in [1.807, 2.05) is 13.0 Å². The average Bonchev–Trinajstić information content (AvgIpc) is 3.39. The van der Waals surface area contributed by atoms with E-state index in [0.29, 0.717) is 5.70 Å². The maximum Gasteiger partial charge on any atom is 0.412 e. The van der Waals surface area contributed by atoms with Gasteiger partial charge in [0.05, 0.1) is 12.3 Å². The van der Waals surface area contributed by atoms with E-state index in [1.54, 1.807) is 19.1 Å². The number of benzene rings is 1. The van der Waals surface area contributed by atoms with Gasteiger partial charge < -0.3 is 9.47 Å². The molecular weight excluding hydrogens is 380 g/mol. The third-order valence-electron chi connectivity index (χ3n) is 5.58. The van der Waals surface area contributed by atoms with Gasteiger partial charge in [-0.25, -0.2) is 9.59 Å². The molecule has 160 valence electrons. The minimum atomic E-state index is -1.09. The number of ether oxygens (including phenoxy) is 2. The summed E-state index contributed by atoms with van der Waals surface area (Å²) < 4.78 is 10.6. The van der Waals surface area contributed by atoms with E-state index < -0.39 is 18.2 Å². The lowest BCUT2D eigenvalue weighted by atomic mass is 9.99. The minimum absolute atomic E-state index is 0.102. The smallest absolute Gasteiger partial charge is 0.412 e. The molecular formula is C24H30N2O4. The normalized spacial score (nSPS) is 16.1. The minimum Gasteiger partial charge on any atom is -0.463 e. The van der Waals surface area contributed by atoms with E-state index >= 15 is 0 Å². The molecule has 6 heteroatoms. The van der Waals surface area contributed by atoms with Crippen LogP contribution in [0, 0.1) is 0 Å². The fraction of sp³-hybridized carbons (Fsp3) is 0.458. The molecule has 1 atom stereocenters. The molecule has 0 spiro atoms. The van der Waals surface area contributed by atoms with Gasteiger partial charge in [0, 0.05) is 12.1 Å². The third-order valence-corrected chi connectivity index (χ3v) is 5.58. The SMILES string of the molecule is C=N/C(=C\C=C/C)CC(OC(=O)Nc1c2c(cc3c1CCC3)CCC2)C(=O)OCC. The Morgan fingerprint density at radius 1 is 1.20 bits per heavy atom. The highest BCUT2D eigenvalue weighted by molar-refractivity contribution is 5.90. The van der Waals surface area contributed by atoms with Crippen molar-refractivity contribution in [2.45, 2.75) is 64.9 Å². The Balaban J connectivity index is 1.78. The van der Waals surface area contributed by atoms with Gasteiger partial charge in [-0.15, -0.1) is 0 Å².